The number of nitrogens with zero attached hydrogens (tertiary/aromatic N) is 3. The summed E-state index contributed by atoms with van der Waals surface area (Å²) in [5, 5.41) is 0. The number of rotatable bonds is 7. The quantitative estimate of drug-likeness (QED) is 0.712. The van der Waals surface area contributed by atoms with Crippen molar-refractivity contribution < 1.29 is 4.79 Å². The Kier molecular flexibility index (Phi) is 6.49. The van der Waals surface area contributed by atoms with E-state index >= 15 is 0 Å². The first kappa shape index (κ1) is 19.4. The van der Waals surface area contributed by atoms with Crippen LogP contribution in [-0.4, -0.2) is 41.5 Å². The van der Waals surface area contributed by atoms with Gasteiger partial charge in [0.25, 0.3) is 5.91 Å². The summed E-state index contributed by atoms with van der Waals surface area (Å²) in [6, 6.07) is 14.8. The van der Waals surface area contributed by atoms with Crippen molar-refractivity contribution in [1.82, 2.24) is 9.88 Å². The standard InChI is InChI=1S/C23H31N3O/c1-4-20(18-11-8-7-9-12-18)21-13-10-16-26(21)23(27)19-14-15-22(24-17-19)25(5-2)6-3/h7-9,11-12,14-15,17,20-21H,4-6,10,13,16H2,1-3H3/t20-,21-/m0/s1. The molecule has 2 heterocycles. The molecule has 27 heavy (non-hydrogen) atoms. The molecule has 0 N–H and O–H groups in total. The number of hydrogen-bond donors (Lipinski definition) is 0. The van der Waals surface area contributed by atoms with E-state index in [1.165, 1.54) is 5.56 Å². The Bertz CT molecular complexity index is 725. The van der Waals surface area contributed by atoms with Gasteiger partial charge in [0.2, 0.25) is 0 Å². The number of anilines is 1. The van der Waals surface area contributed by atoms with Crippen LogP contribution in [0.5, 0.6) is 0 Å². The van der Waals surface area contributed by atoms with Gasteiger partial charge in [0.05, 0.1) is 5.56 Å². The topological polar surface area (TPSA) is 36.4 Å². The van der Waals surface area contributed by atoms with Crippen LogP contribution in [0.15, 0.2) is 48.7 Å². The number of amides is 1. The maximum absolute atomic E-state index is 13.2. The van der Waals surface area contributed by atoms with E-state index in [1.54, 1.807) is 6.20 Å². The van der Waals surface area contributed by atoms with Crippen LogP contribution < -0.4 is 4.90 Å². The van der Waals surface area contributed by atoms with E-state index in [2.05, 4.69) is 65.9 Å². The van der Waals surface area contributed by atoms with Crippen LogP contribution in [0.25, 0.3) is 0 Å². The van der Waals surface area contributed by atoms with Crippen molar-refractivity contribution in [3.63, 3.8) is 0 Å². The van der Waals surface area contributed by atoms with Gasteiger partial charge in [-0.25, -0.2) is 4.98 Å². The summed E-state index contributed by atoms with van der Waals surface area (Å²) in [6.07, 6.45) is 4.93. The van der Waals surface area contributed by atoms with Crippen molar-refractivity contribution in [2.24, 2.45) is 0 Å². The summed E-state index contributed by atoms with van der Waals surface area (Å²) >= 11 is 0. The highest BCUT2D eigenvalue weighted by molar-refractivity contribution is 5.94. The molecule has 2 atom stereocenters. The fourth-order valence-electron chi connectivity index (χ4n) is 4.31. The normalized spacial score (nSPS) is 17.7. The van der Waals surface area contributed by atoms with Gasteiger partial charge >= 0.3 is 0 Å². The fourth-order valence-corrected chi connectivity index (χ4v) is 4.31. The van der Waals surface area contributed by atoms with Crippen molar-refractivity contribution in [3.05, 3.63) is 59.8 Å². The molecular formula is C23H31N3O. The van der Waals surface area contributed by atoms with E-state index in [-0.39, 0.29) is 11.9 Å². The highest BCUT2D eigenvalue weighted by Crippen LogP contribution is 2.34. The van der Waals surface area contributed by atoms with Gasteiger partial charge in [0.1, 0.15) is 5.82 Å². The van der Waals surface area contributed by atoms with E-state index in [1.807, 2.05) is 12.1 Å². The average Bonchev–Trinajstić information content (AvgIpc) is 3.20. The molecule has 0 aliphatic carbocycles. The lowest BCUT2D eigenvalue weighted by molar-refractivity contribution is 0.0714. The predicted molar refractivity (Wildman–Crippen MR) is 111 cm³/mol. The van der Waals surface area contributed by atoms with Gasteiger partial charge < -0.3 is 9.80 Å². The Labute approximate surface area is 163 Å². The summed E-state index contributed by atoms with van der Waals surface area (Å²) in [7, 11) is 0. The summed E-state index contributed by atoms with van der Waals surface area (Å²) < 4.78 is 0. The summed E-state index contributed by atoms with van der Waals surface area (Å²) in [5.41, 5.74) is 2.03. The lowest BCUT2D eigenvalue weighted by Gasteiger charge is -2.32. The molecule has 1 amide bonds. The highest BCUT2D eigenvalue weighted by Gasteiger charge is 2.35. The fraction of sp³-hybridized carbons (Fsp3) is 0.478. The Morgan fingerprint density at radius 1 is 1.15 bits per heavy atom. The van der Waals surface area contributed by atoms with Gasteiger partial charge in [0.15, 0.2) is 0 Å². The summed E-state index contributed by atoms with van der Waals surface area (Å²) in [5.74, 6) is 1.44. The van der Waals surface area contributed by atoms with Gasteiger partial charge in [-0.15, -0.1) is 0 Å². The molecule has 1 aliphatic rings. The SMILES string of the molecule is CC[C@@H](c1ccccc1)[C@@H]1CCCN1C(=O)c1ccc(N(CC)CC)nc1. The van der Waals surface area contributed by atoms with Gasteiger partial charge in [-0.1, -0.05) is 37.3 Å². The van der Waals surface area contributed by atoms with Crippen LogP contribution in [-0.2, 0) is 0 Å². The van der Waals surface area contributed by atoms with Crippen LogP contribution in [0.2, 0.25) is 0 Å². The molecule has 4 nitrogen and oxygen atoms in total. The maximum atomic E-state index is 13.2. The van der Waals surface area contributed by atoms with Crippen molar-refractivity contribution in [1.29, 1.82) is 0 Å². The lowest BCUT2D eigenvalue weighted by atomic mass is 9.87. The molecule has 2 aromatic rings. The van der Waals surface area contributed by atoms with Crippen molar-refractivity contribution in [2.75, 3.05) is 24.5 Å². The third kappa shape index (κ3) is 4.15. The molecule has 144 valence electrons. The van der Waals surface area contributed by atoms with Gasteiger partial charge in [-0.05, 0) is 50.8 Å². The first-order valence-electron chi connectivity index (χ1n) is 10.3. The van der Waals surface area contributed by atoms with E-state index in [0.29, 0.717) is 11.5 Å². The number of carbonyl (C=O) groups excluding carboxylic acids is 1. The van der Waals surface area contributed by atoms with Gasteiger partial charge in [-0.2, -0.15) is 0 Å². The molecule has 0 unspecified atom stereocenters. The maximum Gasteiger partial charge on any atom is 0.255 e. The number of pyridine rings is 1. The second kappa shape index (κ2) is 9.03. The van der Waals surface area contributed by atoms with Crippen molar-refractivity contribution in [2.45, 2.75) is 52.0 Å². The summed E-state index contributed by atoms with van der Waals surface area (Å²) in [6.45, 7) is 9.13. The molecule has 0 spiro atoms. The molecule has 1 aromatic heterocycles. The largest absolute Gasteiger partial charge is 0.357 e. The molecule has 0 bridgehead atoms. The van der Waals surface area contributed by atoms with E-state index < -0.39 is 0 Å². The minimum atomic E-state index is 0.116. The first-order valence-corrected chi connectivity index (χ1v) is 10.3. The van der Waals surface area contributed by atoms with Crippen LogP contribution in [0.4, 0.5) is 5.82 Å². The average molecular weight is 366 g/mol. The van der Waals surface area contributed by atoms with E-state index in [4.69, 9.17) is 0 Å². The Hall–Kier alpha value is -2.36. The van der Waals surface area contributed by atoms with Gasteiger partial charge in [-0.3, -0.25) is 4.79 Å². The molecule has 3 rings (SSSR count). The molecule has 1 saturated heterocycles. The second-order valence-electron chi connectivity index (χ2n) is 7.21. The molecule has 4 heteroatoms. The smallest absolute Gasteiger partial charge is 0.255 e. The minimum Gasteiger partial charge on any atom is -0.357 e. The third-order valence-electron chi connectivity index (χ3n) is 5.77. The molecule has 1 aromatic carbocycles. The number of hydrogen-bond acceptors (Lipinski definition) is 3. The van der Waals surface area contributed by atoms with Gasteiger partial charge in [0, 0.05) is 37.8 Å². The minimum absolute atomic E-state index is 0.116. The molecule has 0 saturated carbocycles. The number of likely N-dealkylation sites (tertiary alicyclic amines) is 1. The Morgan fingerprint density at radius 3 is 2.48 bits per heavy atom. The number of carbonyl (C=O) groups is 1. The number of aromatic nitrogens is 1. The van der Waals surface area contributed by atoms with Crippen LogP contribution in [0, 0.1) is 0 Å². The lowest BCUT2D eigenvalue weighted by Crippen LogP contribution is -2.39. The zero-order valence-electron chi connectivity index (χ0n) is 16.8. The van der Waals surface area contributed by atoms with Crippen LogP contribution >= 0.6 is 0 Å². The Morgan fingerprint density at radius 2 is 1.89 bits per heavy atom. The molecule has 1 aliphatic heterocycles. The predicted octanol–water partition coefficient (Wildman–Crippen LogP) is 4.73. The first-order chi connectivity index (χ1) is 13.2. The van der Waals surface area contributed by atoms with Crippen molar-refractivity contribution in [3.8, 4) is 0 Å². The van der Waals surface area contributed by atoms with Crippen LogP contribution in [0.1, 0.15) is 61.9 Å². The summed E-state index contributed by atoms with van der Waals surface area (Å²) in [4.78, 5) is 22.0. The Balaban J connectivity index is 1.79. The molecule has 0 radical (unpaired) electrons. The van der Waals surface area contributed by atoms with E-state index in [9.17, 15) is 4.79 Å². The zero-order chi connectivity index (χ0) is 19.2. The molecule has 1 fully saturated rings. The molecular weight excluding hydrogens is 334 g/mol. The zero-order valence-corrected chi connectivity index (χ0v) is 16.8. The van der Waals surface area contributed by atoms with Crippen LogP contribution in [0.3, 0.4) is 0 Å². The third-order valence-corrected chi connectivity index (χ3v) is 5.77. The highest BCUT2D eigenvalue weighted by atomic mass is 16.2. The number of benzene rings is 1. The second-order valence-corrected chi connectivity index (χ2v) is 7.21. The van der Waals surface area contributed by atoms with Crippen molar-refractivity contribution >= 4 is 11.7 Å². The monoisotopic (exact) mass is 365 g/mol. The van der Waals surface area contributed by atoms with E-state index in [0.717, 1.165) is 44.7 Å².